The summed E-state index contributed by atoms with van der Waals surface area (Å²) in [5.74, 6) is -0.838. The minimum absolute atomic E-state index is 0.0154. The monoisotopic (exact) mass is 473 g/mol. The standard InChI is InChI=1S/C25H32ClN3O4/c1-28(20-9-4-3-5-10-20)25(32)22-17-29(13-14-33-2)16-21(23(22)30)24(31)27-12-11-18-7-6-8-19(26)15-18/h6-8,15-17,20H,3-5,9-14H2,1-2H3,(H,27,31). The first-order chi connectivity index (χ1) is 15.9. The van der Waals surface area contributed by atoms with Crippen molar-refractivity contribution >= 4 is 23.4 Å². The number of carbonyl (C=O) groups excluding carboxylic acids is 2. The Kier molecular flexibility index (Phi) is 9.09. The van der Waals surface area contributed by atoms with Crippen molar-refractivity contribution in [3.05, 3.63) is 68.6 Å². The van der Waals surface area contributed by atoms with Gasteiger partial charge in [0.25, 0.3) is 11.8 Å². The van der Waals surface area contributed by atoms with Crippen LogP contribution in [0.4, 0.5) is 0 Å². The fraction of sp³-hybridized carbons (Fsp3) is 0.480. The fourth-order valence-corrected chi connectivity index (χ4v) is 4.42. The van der Waals surface area contributed by atoms with Crippen LogP contribution in [0.2, 0.25) is 5.02 Å². The van der Waals surface area contributed by atoms with Crippen LogP contribution in [0, 0.1) is 0 Å². The Labute approximate surface area is 199 Å². The Morgan fingerprint density at radius 3 is 2.61 bits per heavy atom. The maximum atomic E-state index is 13.2. The Morgan fingerprint density at radius 1 is 1.18 bits per heavy atom. The van der Waals surface area contributed by atoms with E-state index in [-0.39, 0.29) is 23.1 Å². The highest BCUT2D eigenvalue weighted by Crippen LogP contribution is 2.22. The van der Waals surface area contributed by atoms with Gasteiger partial charge in [0.1, 0.15) is 11.1 Å². The lowest BCUT2D eigenvalue weighted by molar-refractivity contribution is 0.0693. The third-order valence-corrected chi connectivity index (χ3v) is 6.37. The first kappa shape index (κ1) is 25.0. The van der Waals surface area contributed by atoms with Gasteiger partial charge >= 0.3 is 0 Å². The lowest BCUT2D eigenvalue weighted by atomic mass is 9.94. The van der Waals surface area contributed by atoms with Crippen LogP contribution in [-0.2, 0) is 17.7 Å². The number of methoxy groups -OCH3 is 1. The summed E-state index contributed by atoms with van der Waals surface area (Å²) in [6.07, 6.45) is 8.80. The summed E-state index contributed by atoms with van der Waals surface area (Å²) in [5.41, 5.74) is 0.414. The Hall–Kier alpha value is -2.64. The van der Waals surface area contributed by atoms with Gasteiger partial charge in [-0.2, -0.15) is 0 Å². The van der Waals surface area contributed by atoms with Crippen LogP contribution in [-0.4, -0.2) is 54.6 Å². The molecule has 2 amide bonds. The normalized spacial score (nSPS) is 14.2. The van der Waals surface area contributed by atoms with E-state index in [1.807, 2.05) is 18.2 Å². The van der Waals surface area contributed by atoms with Crippen LogP contribution < -0.4 is 10.7 Å². The molecule has 178 valence electrons. The number of amides is 2. The summed E-state index contributed by atoms with van der Waals surface area (Å²) in [4.78, 5) is 41.0. The van der Waals surface area contributed by atoms with Crippen molar-refractivity contribution in [3.8, 4) is 0 Å². The number of hydrogen-bond donors (Lipinski definition) is 1. The maximum absolute atomic E-state index is 13.2. The molecule has 0 atom stereocenters. The molecule has 0 aliphatic heterocycles. The Morgan fingerprint density at radius 2 is 1.91 bits per heavy atom. The third-order valence-electron chi connectivity index (χ3n) is 6.14. The number of pyridine rings is 1. The lowest BCUT2D eigenvalue weighted by Crippen LogP contribution is -2.42. The number of benzene rings is 1. The molecule has 1 aliphatic rings. The smallest absolute Gasteiger partial charge is 0.259 e. The van der Waals surface area contributed by atoms with Crippen molar-refractivity contribution in [2.75, 3.05) is 27.3 Å². The molecule has 1 saturated carbocycles. The van der Waals surface area contributed by atoms with Gasteiger partial charge in [-0.15, -0.1) is 0 Å². The minimum Gasteiger partial charge on any atom is -0.383 e. The molecule has 33 heavy (non-hydrogen) atoms. The summed E-state index contributed by atoms with van der Waals surface area (Å²) in [6, 6.07) is 7.53. The molecule has 0 bridgehead atoms. The summed E-state index contributed by atoms with van der Waals surface area (Å²) in [7, 11) is 3.32. The largest absolute Gasteiger partial charge is 0.383 e. The summed E-state index contributed by atoms with van der Waals surface area (Å²) in [6.45, 7) is 1.16. The molecule has 3 rings (SSSR count). The van der Waals surface area contributed by atoms with E-state index >= 15 is 0 Å². The Bertz CT molecular complexity index is 1030. The van der Waals surface area contributed by atoms with E-state index in [4.69, 9.17) is 16.3 Å². The lowest BCUT2D eigenvalue weighted by Gasteiger charge is -2.31. The predicted octanol–water partition coefficient (Wildman–Crippen LogP) is 3.53. The fourth-order valence-electron chi connectivity index (χ4n) is 4.20. The molecular weight excluding hydrogens is 442 g/mol. The highest BCUT2D eigenvalue weighted by atomic mass is 35.5. The average Bonchev–Trinajstić information content (AvgIpc) is 2.83. The van der Waals surface area contributed by atoms with E-state index in [1.165, 1.54) is 18.8 Å². The summed E-state index contributed by atoms with van der Waals surface area (Å²) >= 11 is 6.01. The van der Waals surface area contributed by atoms with Crippen molar-refractivity contribution in [2.24, 2.45) is 0 Å². The van der Waals surface area contributed by atoms with Crippen LogP contribution in [0.5, 0.6) is 0 Å². The second-order valence-electron chi connectivity index (χ2n) is 8.49. The number of halogens is 1. The molecule has 2 aromatic rings. The SMILES string of the molecule is COCCn1cc(C(=O)NCCc2cccc(Cl)c2)c(=O)c(C(=O)N(C)C2CCCCC2)c1. The molecule has 1 fully saturated rings. The van der Waals surface area contributed by atoms with Crippen molar-refractivity contribution < 1.29 is 14.3 Å². The number of aromatic nitrogens is 1. The number of hydrogen-bond acceptors (Lipinski definition) is 4. The zero-order valence-electron chi connectivity index (χ0n) is 19.3. The van der Waals surface area contributed by atoms with Gasteiger partial charge in [-0.1, -0.05) is 43.0 Å². The molecule has 1 aliphatic carbocycles. The molecule has 8 heteroatoms. The predicted molar refractivity (Wildman–Crippen MR) is 129 cm³/mol. The van der Waals surface area contributed by atoms with Crippen LogP contribution >= 0.6 is 11.6 Å². The zero-order valence-corrected chi connectivity index (χ0v) is 20.1. The van der Waals surface area contributed by atoms with Crippen LogP contribution in [0.3, 0.4) is 0 Å². The van der Waals surface area contributed by atoms with Crippen LogP contribution in [0.15, 0.2) is 41.5 Å². The van der Waals surface area contributed by atoms with Crippen molar-refractivity contribution in [1.82, 2.24) is 14.8 Å². The Balaban J connectivity index is 1.79. The number of nitrogens with zero attached hydrogens (tertiary/aromatic N) is 2. The second-order valence-corrected chi connectivity index (χ2v) is 8.93. The van der Waals surface area contributed by atoms with E-state index in [2.05, 4.69) is 5.32 Å². The second kappa shape index (κ2) is 12.0. The van der Waals surface area contributed by atoms with E-state index in [1.54, 1.807) is 29.7 Å². The molecule has 1 aromatic carbocycles. The van der Waals surface area contributed by atoms with Crippen molar-refractivity contribution in [3.63, 3.8) is 0 Å². The average molecular weight is 474 g/mol. The number of nitrogens with one attached hydrogen (secondary N) is 1. The van der Waals surface area contributed by atoms with Crippen molar-refractivity contribution in [1.29, 1.82) is 0 Å². The van der Waals surface area contributed by atoms with Gasteiger partial charge < -0.3 is 19.5 Å². The summed E-state index contributed by atoms with van der Waals surface area (Å²) in [5, 5.41) is 3.43. The van der Waals surface area contributed by atoms with Crippen LogP contribution in [0.25, 0.3) is 0 Å². The molecule has 0 unspecified atom stereocenters. The maximum Gasteiger partial charge on any atom is 0.259 e. The quantitative estimate of drug-likeness (QED) is 0.604. The summed E-state index contributed by atoms with van der Waals surface area (Å²) < 4.78 is 6.82. The van der Waals surface area contributed by atoms with Crippen LogP contribution in [0.1, 0.15) is 58.4 Å². The third kappa shape index (κ3) is 6.68. The molecule has 1 aromatic heterocycles. The van der Waals surface area contributed by atoms with E-state index in [0.717, 1.165) is 31.2 Å². The number of carbonyl (C=O) groups is 2. The topological polar surface area (TPSA) is 80.6 Å². The van der Waals surface area contributed by atoms with Gasteiger partial charge in [0, 0.05) is 50.7 Å². The first-order valence-electron chi connectivity index (χ1n) is 11.4. The number of ether oxygens (including phenoxy) is 1. The molecular formula is C25H32ClN3O4. The molecule has 0 spiro atoms. The van der Waals surface area contributed by atoms with Gasteiger partial charge in [0.15, 0.2) is 0 Å². The van der Waals surface area contributed by atoms with Crippen molar-refractivity contribution in [2.45, 2.75) is 51.1 Å². The van der Waals surface area contributed by atoms with Gasteiger partial charge in [0.2, 0.25) is 5.43 Å². The van der Waals surface area contributed by atoms with Gasteiger partial charge in [0.05, 0.1) is 6.61 Å². The zero-order chi connectivity index (χ0) is 23.8. The van der Waals surface area contributed by atoms with E-state index < -0.39 is 11.3 Å². The highest BCUT2D eigenvalue weighted by Gasteiger charge is 2.26. The molecule has 7 nitrogen and oxygen atoms in total. The number of rotatable bonds is 9. The van der Waals surface area contributed by atoms with Gasteiger partial charge in [-0.3, -0.25) is 14.4 Å². The van der Waals surface area contributed by atoms with E-state index in [0.29, 0.717) is 31.1 Å². The van der Waals surface area contributed by atoms with E-state index in [9.17, 15) is 14.4 Å². The molecule has 0 radical (unpaired) electrons. The first-order valence-corrected chi connectivity index (χ1v) is 11.8. The molecule has 0 saturated heterocycles. The van der Waals surface area contributed by atoms with Gasteiger partial charge in [-0.05, 0) is 37.0 Å². The highest BCUT2D eigenvalue weighted by molar-refractivity contribution is 6.30. The molecule has 1 heterocycles. The minimum atomic E-state index is -0.545. The van der Waals surface area contributed by atoms with Gasteiger partial charge in [-0.25, -0.2) is 0 Å². The molecule has 1 N–H and O–H groups in total.